The van der Waals surface area contributed by atoms with Crippen LogP contribution in [0.4, 0.5) is 0 Å². The molecule has 0 aliphatic heterocycles. The smallest absolute Gasteiger partial charge is 0.321 e. The molecule has 0 aromatic rings. The van der Waals surface area contributed by atoms with Gasteiger partial charge >= 0.3 is 5.97 Å². The van der Waals surface area contributed by atoms with Gasteiger partial charge < -0.3 is 10.0 Å². The van der Waals surface area contributed by atoms with Crippen molar-refractivity contribution in [2.75, 3.05) is 0 Å². The molecule has 2 N–H and O–H groups in total. The Labute approximate surface area is 132 Å². The van der Waals surface area contributed by atoms with E-state index in [1.54, 1.807) is 0 Å². The number of hydrogen-bond acceptors (Lipinski definition) is 5. The zero-order valence-electron chi connectivity index (χ0n) is 14.1. The third-order valence-electron chi connectivity index (χ3n) is 5.58. The van der Waals surface area contributed by atoms with Crippen LogP contribution in [0.3, 0.4) is 0 Å². The van der Waals surface area contributed by atoms with Crippen LogP contribution in [-0.2, 0) is 9.63 Å². The molecule has 0 saturated heterocycles. The summed E-state index contributed by atoms with van der Waals surface area (Å²) in [5.41, 5.74) is 4.38. The molecule has 0 aromatic heterocycles. The molecule has 2 aliphatic rings. The van der Waals surface area contributed by atoms with E-state index in [0.29, 0.717) is 29.4 Å². The fraction of sp³-hybridized carbons (Fsp3) is 0.765. The van der Waals surface area contributed by atoms with Crippen molar-refractivity contribution in [1.82, 2.24) is 5.48 Å². The van der Waals surface area contributed by atoms with Crippen LogP contribution in [0.2, 0.25) is 0 Å². The lowest BCUT2D eigenvalue weighted by molar-refractivity contribution is -0.151. The number of rotatable bonds is 2. The van der Waals surface area contributed by atoms with Gasteiger partial charge in [-0.3, -0.25) is 4.79 Å². The van der Waals surface area contributed by atoms with E-state index in [1.165, 1.54) is 18.9 Å². The van der Waals surface area contributed by atoms with Crippen LogP contribution in [0.15, 0.2) is 17.3 Å². The topological polar surface area (TPSA) is 70.9 Å². The Kier molecular flexibility index (Phi) is 4.66. The Balaban J connectivity index is 2.22. The molecular formula is C17H28N2O3. The number of hydroxylamine groups is 1. The van der Waals surface area contributed by atoms with Crippen molar-refractivity contribution in [2.24, 2.45) is 22.4 Å². The lowest BCUT2D eigenvalue weighted by Crippen LogP contribution is -2.51. The van der Waals surface area contributed by atoms with E-state index < -0.39 is 11.5 Å². The molecule has 0 amide bonds. The number of allylic oxidation sites excluding steroid dienone is 1. The molecule has 2 fully saturated rings. The first-order chi connectivity index (χ1) is 10.2. The van der Waals surface area contributed by atoms with Gasteiger partial charge in [0.15, 0.2) is 0 Å². The van der Waals surface area contributed by atoms with E-state index in [9.17, 15) is 10.0 Å². The number of carbonyl (C=O) groups excluding carboxylic acids is 1. The summed E-state index contributed by atoms with van der Waals surface area (Å²) in [6.45, 7) is 12.1. The monoisotopic (exact) mass is 308 g/mol. The minimum atomic E-state index is -0.638. The van der Waals surface area contributed by atoms with Crippen LogP contribution in [-0.4, -0.2) is 22.4 Å². The minimum Gasteiger partial charge on any atom is -0.411 e. The molecule has 0 aromatic carbocycles. The fourth-order valence-corrected chi connectivity index (χ4v) is 4.05. The summed E-state index contributed by atoms with van der Waals surface area (Å²) >= 11 is 0. The van der Waals surface area contributed by atoms with E-state index in [2.05, 4.69) is 31.1 Å². The second-order valence-electron chi connectivity index (χ2n) is 7.68. The molecule has 0 radical (unpaired) electrons. The van der Waals surface area contributed by atoms with Crippen LogP contribution in [0.1, 0.15) is 59.8 Å². The van der Waals surface area contributed by atoms with Crippen molar-refractivity contribution in [3.8, 4) is 0 Å². The maximum atomic E-state index is 11.1. The Hall–Kier alpha value is -1.36. The van der Waals surface area contributed by atoms with Crippen molar-refractivity contribution >= 4 is 11.7 Å². The van der Waals surface area contributed by atoms with Gasteiger partial charge in [0.1, 0.15) is 0 Å². The van der Waals surface area contributed by atoms with Crippen LogP contribution < -0.4 is 5.48 Å². The maximum absolute atomic E-state index is 11.1. The first-order valence-electron chi connectivity index (χ1n) is 8.03. The van der Waals surface area contributed by atoms with Crippen LogP contribution in [0, 0.1) is 17.3 Å². The average molecular weight is 308 g/mol. The van der Waals surface area contributed by atoms with Crippen LogP contribution in [0.5, 0.6) is 0 Å². The Morgan fingerprint density at radius 2 is 2.09 bits per heavy atom. The van der Waals surface area contributed by atoms with Gasteiger partial charge in [-0.15, -0.1) is 5.48 Å². The molecule has 0 heterocycles. The minimum absolute atomic E-state index is 0.316. The molecule has 0 bridgehead atoms. The molecule has 3 atom stereocenters. The summed E-state index contributed by atoms with van der Waals surface area (Å²) in [4.78, 5) is 16.1. The van der Waals surface area contributed by atoms with Gasteiger partial charge in [0.2, 0.25) is 0 Å². The van der Waals surface area contributed by atoms with E-state index in [4.69, 9.17) is 4.84 Å². The second kappa shape index (κ2) is 6.03. The number of hydrogen-bond donors (Lipinski definition) is 2. The number of oxime groups is 1. The predicted molar refractivity (Wildman–Crippen MR) is 85.5 cm³/mol. The second-order valence-corrected chi connectivity index (χ2v) is 7.68. The van der Waals surface area contributed by atoms with Gasteiger partial charge in [0, 0.05) is 6.92 Å². The summed E-state index contributed by atoms with van der Waals surface area (Å²) in [5.74, 6) is 0.743. The van der Waals surface area contributed by atoms with Crippen molar-refractivity contribution in [1.29, 1.82) is 0 Å². The fourth-order valence-electron chi connectivity index (χ4n) is 4.05. The van der Waals surface area contributed by atoms with Crippen molar-refractivity contribution < 1.29 is 14.8 Å². The highest BCUT2D eigenvalue weighted by atomic mass is 16.7. The number of nitrogens with one attached hydrogen (secondary N) is 1. The molecule has 0 spiro atoms. The molecule has 5 heteroatoms. The molecular weight excluding hydrogens is 280 g/mol. The van der Waals surface area contributed by atoms with Crippen LogP contribution >= 0.6 is 0 Å². The number of fused-ring (bicyclic) bond motifs is 1. The molecule has 0 unspecified atom stereocenters. The molecule has 2 rings (SSSR count). The highest BCUT2D eigenvalue weighted by Crippen LogP contribution is 2.56. The van der Waals surface area contributed by atoms with E-state index in [-0.39, 0.29) is 0 Å². The van der Waals surface area contributed by atoms with Crippen molar-refractivity contribution in [3.05, 3.63) is 12.2 Å². The summed E-state index contributed by atoms with van der Waals surface area (Å²) in [7, 11) is 0. The van der Waals surface area contributed by atoms with E-state index in [1.807, 2.05) is 6.92 Å². The molecule has 124 valence electrons. The SMILES string of the molecule is C=C1CC/C(=N\O)[C@](C)(NOC(C)=O)CC[C@@H]2[C@H]1CC2(C)C. The Morgan fingerprint density at radius 1 is 1.41 bits per heavy atom. The predicted octanol–water partition coefficient (Wildman–Crippen LogP) is 3.44. The maximum Gasteiger partial charge on any atom is 0.321 e. The first kappa shape index (κ1) is 17.0. The van der Waals surface area contributed by atoms with Gasteiger partial charge in [-0.25, -0.2) is 0 Å². The molecule has 22 heavy (non-hydrogen) atoms. The molecule has 5 nitrogen and oxygen atoms in total. The van der Waals surface area contributed by atoms with Gasteiger partial charge in [-0.1, -0.05) is 31.2 Å². The highest BCUT2D eigenvalue weighted by Gasteiger charge is 2.49. The number of carbonyl (C=O) groups is 1. The zero-order chi connectivity index (χ0) is 16.5. The first-order valence-corrected chi connectivity index (χ1v) is 8.03. The normalized spacial score (nSPS) is 36.5. The lowest BCUT2D eigenvalue weighted by atomic mass is 9.52. The highest BCUT2D eigenvalue weighted by molar-refractivity contribution is 5.93. The Morgan fingerprint density at radius 3 is 2.64 bits per heavy atom. The van der Waals surface area contributed by atoms with Gasteiger partial charge in [0.25, 0.3) is 0 Å². The van der Waals surface area contributed by atoms with E-state index >= 15 is 0 Å². The lowest BCUT2D eigenvalue weighted by Gasteiger charge is -2.53. The summed E-state index contributed by atoms with van der Waals surface area (Å²) < 4.78 is 0. The Bertz CT molecular complexity index is 498. The zero-order valence-corrected chi connectivity index (χ0v) is 14.1. The summed E-state index contributed by atoms with van der Waals surface area (Å²) in [6, 6.07) is 0. The van der Waals surface area contributed by atoms with Gasteiger partial charge in [-0.2, -0.15) is 0 Å². The average Bonchev–Trinajstić information content (AvgIpc) is 2.46. The van der Waals surface area contributed by atoms with Gasteiger partial charge in [-0.05, 0) is 56.3 Å². The largest absolute Gasteiger partial charge is 0.411 e. The summed E-state index contributed by atoms with van der Waals surface area (Å²) in [6.07, 6.45) is 4.37. The van der Waals surface area contributed by atoms with Gasteiger partial charge in [0.05, 0.1) is 11.3 Å². The summed E-state index contributed by atoms with van der Waals surface area (Å²) in [5, 5.41) is 12.9. The number of nitrogens with zero attached hydrogens (tertiary/aromatic N) is 1. The molecule has 2 saturated carbocycles. The quantitative estimate of drug-likeness (QED) is 0.466. The third kappa shape index (κ3) is 3.19. The van der Waals surface area contributed by atoms with Crippen molar-refractivity contribution in [3.63, 3.8) is 0 Å². The van der Waals surface area contributed by atoms with Crippen LogP contribution in [0.25, 0.3) is 0 Å². The van der Waals surface area contributed by atoms with E-state index in [0.717, 1.165) is 19.3 Å². The molecule has 2 aliphatic carbocycles. The standard InChI is InChI=1S/C17H28N2O3/c1-11-6-7-15(18-21)17(5,19-22-12(2)20)9-8-14-13(11)10-16(14,3)4/h13-14,19,21H,1,6-10H2,2-5H3/b18-15+/t13-,14+,17+/m0/s1. The third-order valence-corrected chi connectivity index (χ3v) is 5.58. The van der Waals surface area contributed by atoms with Crippen molar-refractivity contribution in [2.45, 2.75) is 65.3 Å².